The van der Waals surface area contributed by atoms with Crippen molar-refractivity contribution in [3.63, 3.8) is 0 Å². The zero-order chi connectivity index (χ0) is 13.9. The summed E-state index contributed by atoms with van der Waals surface area (Å²) in [6, 6.07) is 6.86. The smallest absolute Gasteiger partial charge is 0.231 e. The zero-order valence-corrected chi connectivity index (χ0v) is 12.0. The minimum Gasteiger partial charge on any atom is -0.369 e. The van der Waals surface area contributed by atoms with Crippen LogP contribution in [0.4, 0.5) is 0 Å². The predicted molar refractivity (Wildman–Crippen MR) is 78.2 cm³/mol. The van der Waals surface area contributed by atoms with Crippen molar-refractivity contribution in [1.29, 1.82) is 0 Å². The number of benzene rings is 1. The standard InChI is InChI=1S/C16H24N2O/c1-16(2,11-18-10-15(17)19)14-8-7-12-5-3-4-6-13(12)9-14/h7-9,18H,3-6,10-11H2,1-2H3,(H2,17,19). The van der Waals surface area contributed by atoms with Gasteiger partial charge in [-0.3, -0.25) is 4.79 Å². The van der Waals surface area contributed by atoms with E-state index in [-0.39, 0.29) is 17.9 Å². The van der Waals surface area contributed by atoms with E-state index in [0.717, 1.165) is 6.54 Å². The largest absolute Gasteiger partial charge is 0.369 e. The van der Waals surface area contributed by atoms with E-state index in [9.17, 15) is 4.79 Å². The number of nitrogens with two attached hydrogens (primary N) is 1. The quantitative estimate of drug-likeness (QED) is 0.850. The Balaban J connectivity index is 2.09. The summed E-state index contributed by atoms with van der Waals surface area (Å²) in [5.41, 5.74) is 9.52. The van der Waals surface area contributed by atoms with E-state index in [1.807, 2.05) is 0 Å². The van der Waals surface area contributed by atoms with Gasteiger partial charge >= 0.3 is 0 Å². The van der Waals surface area contributed by atoms with Gasteiger partial charge in [0.1, 0.15) is 0 Å². The highest BCUT2D eigenvalue weighted by Gasteiger charge is 2.22. The highest BCUT2D eigenvalue weighted by atomic mass is 16.1. The molecule has 0 saturated carbocycles. The average Bonchev–Trinajstić information content (AvgIpc) is 2.37. The minimum absolute atomic E-state index is 0.0158. The first-order valence-electron chi connectivity index (χ1n) is 7.10. The van der Waals surface area contributed by atoms with Crippen LogP contribution in [0.25, 0.3) is 0 Å². The number of hydrogen-bond acceptors (Lipinski definition) is 2. The molecule has 19 heavy (non-hydrogen) atoms. The van der Waals surface area contributed by atoms with Gasteiger partial charge in [0.15, 0.2) is 0 Å². The van der Waals surface area contributed by atoms with Gasteiger partial charge < -0.3 is 11.1 Å². The van der Waals surface area contributed by atoms with E-state index in [4.69, 9.17) is 5.73 Å². The third kappa shape index (κ3) is 3.57. The van der Waals surface area contributed by atoms with Gasteiger partial charge in [-0.2, -0.15) is 0 Å². The molecule has 0 atom stereocenters. The Labute approximate surface area is 115 Å². The highest BCUT2D eigenvalue weighted by Crippen LogP contribution is 2.28. The molecule has 1 aliphatic rings. The average molecular weight is 260 g/mol. The molecule has 3 heteroatoms. The van der Waals surface area contributed by atoms with Crippen molar-refractivity contribution in [3.8, 4) is 0 Å². The molecule has 0 bridgehead atoms. The Bertz CT molecular complexity index is 466. The number of carbonyl (C=O) groups excluding carboxylic acids is 1. The zero-order valence-electron chi connectivity index (χ0n) is 12.0. The molecule has 0 saturated heterocycles. The molecule has 3 N–H and O–H groups in total. The molecule has 0 aliphatic heterocycles. The first kappa shape index (κ1) is 14.1. The number of amides is 1. The lowest BCUT2D eigenvalue weighted by Gasteiger charge is -2.27. The molecule has 2 rings (SSSR count). The van der Waals surface area contributed by atoms with Gasteiger partial charge in [0.05, 0.1) is 6.54 Å². The summed E-state index contributed by atoms with van der Waals surface area (Å²) in [6.45, 7) is 5.40. The molecule has 0 aromatic heterocycles. The van der Waals surface area contributed by atoms with Crippen LogP contribution in [-0.2, 0) is 23.1 Å². The van der Waals surface area contributed by atoms with Crippen molar-refractivity contribution in [2.75, 3.05) is 13.1 Å². The van der Waals surface area contributed by atoms with Gasteiger partial charge in [-0.1, -0.05) is 32.0 Å². The van der Waals surface area contributed by atoms with Crippen LogP contribution in [0.1, 0.15) is 43.4 Å². The molecule has 1 aliphatic carbocycles. The Morgan fingerprint density at radius 2 is 1.95 bits per heavy atom. The van der Waals surface area contributed by atoms with Gasteiger partial charge in [0, 0.05) is 12.0 Å². The number of nitrogens with one attached hydrogen (secondary N) is 1. The molecule has 0 heterocycles. The van der Waals surface area contributed by atoms with Crippen molar-refractivity contribution in [3.05, 3.63) is 34.9 Å². The topological polar surface area (TPSA) is 55.1 Å². The Hall–Kier alpha value is -1.35. The SMILES string of the molecule is CC(C)(CNCC(N)=O)c1ccc2c(c1)CCCC2. The lowest BCUT2D eigenvalue weighted by Crippen LogP contribution is -2.37. The summed E-state index contributed by atoms with van der Waals surface area (Å²) >= 11 is 0. The van der Waals surface area contributed by atoms with Crippen molar-refractivity contribution in [2.24, 2.45) is 5.73 Å². The van der Waals surface area contributed by atoms with E-state index < -0.39 is 0 Å². The lowest BCUT2D eigenvalue weighted by atomic mass is 9.81. The fraction of sp³-hybridized carbons (Fsp3) is 0.562. The van der Waals surface area contributed by atoms with E-state index in [1.165, 1.54) is 42.4 Å². The Morgan fingerprint density at radius 1 is 1.26 bits per heavy atom. The van der Waals surface area contributed by atoms with Crippen LogP contribution >= 0.6 is 0 Å². The maximum Gasteiger partial charge on any atom is 0.231 e. The summed E-state index contributed by atoms with van der Waals surface area (Å²) in [6.07, 6.45) is 5.04. The first-order valence-corrected chi connectivity index (χ1v) is 7.10. The lowest BCUT2D eigenvalue weighted by molar-refractivity contribution is -0.117. The number of rotatable bonds is 5. The molecular weight excluding hydrogens is 236 g/mol. The van der Waals surface area contributed by atoms with Crippen molar-refractivity contribution < 1.29 is 4.79 Å². The second kappa shape index (κ2) is 5.74. The number of fused-ring (bicyclic) bond motifs is 1. The summed E-state index contributed by atoms with van der Waals surface area (Å²) in [7, 11) is 0. The van der Waals surface area contributed by atoms with Crippen LogP contribution in [0.3, 0.4) is 0 Å². The molecule has 0 fully saturated rings. The molecule has 0 unspecified atom stereocenters. The molecule has 1 aromatic carbocycles. The van der Waals surface area contributed by atoms with Crippen LogP contribution < -0.4 is 11.1 Å². The minimum atomic E-state index is -0.304. The second-order valence-electron chi connectivity index (χ2n) is 6.14. The maximum atomic E-state index is 10.8. The number of carbonyl (C=O) groups is 1. The summed E-state index contributed by atoms with van der Waals surface area (Å²) in [5.74, 6) is -0.304. The van der Waals surface area contributed by atoms with E-state index in [2.05, 4.69) is 37.4 Å². The maximum absolute atomic E-state index is 10.8. The third-order valence-electron chi connectivity index (χ3n) is 4.00. The summed E-state index contributed by atoms with van der Waals surface area (Å²) in [5, 5.41) is 3.13. The van der Waals surface area contributed by atoms with Gasteiger partial charge in [-0.15, -0.1) is 0 Å². The molecule has 3 nitrogen and oxygen atoms in total. The van der Waals surface area contributed by atoms with Gasteiger partial charge in [-0.05, 0) is 42.4 Å². The molecular formula is C16H24N2O. The van der Waals surface area contributed by atoms with Crippen LogP contribution in [0.5, 0.6) is 0 Å². The second-order valence-corrected chi connectivity index (χ2v) is 6.14. The van der Waals surface area contributed by atoms with Crippen molar-refractivity contribution in [2.45, 2.75) is 44.9 Å². The van der Waals surface area contributed by atoms with Gasteiger partial charge in [0.2, 0.25) is 5.91 Å². The van der Waals surface area contributed by atoms with Crippen LogP contribution in [0, 0.1) is 0 Å². The van der Waals surface area contributed by atoms with Gasteiger partial charge in [0.25, 0.3) is 0 Å². The number of primary amides is 1. The van der Waals surface area contributed by atoms with Crippen LogP contribution in [0.15, 0.2) is 18.2 Å². The third-order valence-corrected chi connectivity index (χ3v) is 4.00. The predicted octanol–water partition coefficient (Wildman–Crippen LogP) is 1.92. The Kier molecular flexibility index (Phi) is 4.25. The summed E-state index contributed by atoms with van der Waals surface area (Å²) < 4.78 is 0. The monoisotopic (exact) mass is 260 g/mol. The number of hydrogen-bond donors (Lipinski definition) is 2. The van der Waals surface area contributed by atoms with E-state index in [1.54, 1.807) is 0 Å². The fourth-order valence-corrected chi connectivity index (χ4v) is 2.75. The summed E-state index contributed by atoms with van der Waals surface area (Å²) in [4.78, 5) is 10.8. The molecule has 1 aromatic rings. The van der Waals surface area contributed by atoms with E-state index in [0.29, 0.717) is 0 Å². The fourth-order valence-electron chi connectivity index (χ4n) is 2.75. The highest BCUT2D eigenvalue weighted by molar-refractivity contribution is 5.75. The molecule has 104 valence electrons. The van der Waals surface area contributed by atoms with Crippen molar-refractivity contribution in [1.82, 2.24) is 5.32 Å². The molecule has 1 amide bonds. The molecule has 0 spiro atoms. The van der Waals surface area contributed by atoms with Gasteiger partial charge in [-0.25, -0.2) is 0 Å². The van der Waals surface area contributed by atoms with Crippen molar-refractivity contribution >= 4 is 5.91 Å². The Morgan fingerprint density at radius 3 is 2.63 bits per heavy atom. The molecule has 0 radical (unpaired) electrons. The first-order chi connectivity index (χ1) is 8.99. The van der Waals surface area contributed by atoms with Crippen LogP contribution in [0.2, 0.25) is 0 Å². The van der Waals surface area contributed by atoms with E-state index >= 15 is 0 Å². The van der Waals surface area contributed by atoms with Crippen LogP contribution in [-0.4, -0.2) is 19.0 Å². The normalized spacial score (nSPS) is 15.1. The number of aryl methyl sites for hydroxylation is 2.